The fraction of sp³-hybridized carbons (Fsp3) is 0.800. The average Bonchev–Trinajstić information content (AvgIpc) is 2.75. The molecule has 0 amide bonds. The first-order valence-corrected chi connectivity index (χ1v) is 5.38. The van der Waals surface area contributed by atoms with Crippen LogP contribution in [0, 0.1) is 5.92 Å². The summed E-state index contributed by atoms with van der Waals surface area (Å²) in [5, 5.41) is 13.4. The fourth-order valence-electron chi connectivity index (χ4n) is 2.31. The number of nitrogens with two attached hydrogens (primary N) is 1. The van der Waals surface area contributed by atoms with Gasteiger partial charge in [0.05, 0.1) is 12.6 Å². The molecule has 3 N–H and O–H groups in total. The molecule has 1 fully saturated rings. The Morgan fingerprint density at radius 1 is 1.67 bits per heavy atom. The standard InChI is InChI=1S/C10H18N4O/c1-8-2-3-10(11,5-15)4-9(8)14-7-12-6-13-14/h6-9,15H,2-5,11H2,1H3. The number of nitrogens with zero attached hydrogens (tertiary/aromatic N) is 3. The zero-order valence-corrected chi connectivity index (χ0v) is 9.00. The summed E-state index contributed by atoms with van der Waals surface area (Å²) in [6.45, 7) is 2.24. The van der Waals surface area contributed by atoms with Gasteiger partial charge in [-0.3, -0.25) is 0 Å². The number of aliphatic hydroxyl groups is 1. The Hall–Kier alpha value is -0.940. The Labute approximate surface area is 89.3 Å². The van der Waals surface area contributed by atoms with E-state index >= 15 is 0 Å². The van der Waals surface area contributed by atoms with Gasteiger partial charge in [0.2, 0.25) is 0 Å². The van der Waals surface area contributed by atoms with Gasteiger partial charge >= 0.3 is 0 Å². The lowest BCUT2D eigenvalue weighted by Crippen LogP contribution is -2.49. The Morgan fingerprint density at radius 3 is 3.07 bits per heavy atom. The Balaban J connectivity index is 2.16. The molecule has 3 atom stereocenters. The summed E-state index contributed by atoms with van der Waals surface area (Å²) in [5.74, 6) is 0.537. The number of aliphatic hydroxyl groups excluding tert-OH is 1. The van der Waals surface area contributed by atoms with E-state index in [1.54, 1.807) is 12.7 Å². The molecule has 15 heavy (non-hydrogen) atoms. The van der Waals surface area contributed by atoms with E-state index in [4.69, 9.17) is 5.73 Å². The molecule has 5 nitrogen and oxygen atoms in total. The SMILES string of the molecule is CC1CCC(N)(CO)CC1n1cncn1. The van der Waals surface area contributed by atoms with Crippen molar-refractivity contribution in [2.45, 2.75) is 37.8 Å². The van der Waals surface area contributed by atoms with Gasteiger partial charge in [-0.05, 0) is 25.2 Å². The summed E-state index contributed by atoms with van der Waals surface area (Å²) in [6, 6.07) is 0.262. The molecule has 3 unspecified atom stereocenters. The smallest absolute Gasteiger partial charge is 0.137 e. The van der Waals surface area contributed by atoms with Crippen molar-refractivity contribution in [1.82, 2.24) is 14.8 Å². The molecule has 5 heteroatoms. The van der Waals surface area contributed by atoms with Crippen LogP contribution >= 0.6 is 0 Å². The van der Waals surface area contributed by atoms with Gasteiger partial charge in [0.1, 0.15) is 12.7 Å². The lowest BCUT2D eigenvalue weighted by atomic mass is 9.75. The first-order valence-electron chi connectivity index (χ1n) is 5.38. The fourth-order valence-corrected chi connectivity index (χ4v) is 2.31. The van der Waals surface area contributed by atoms with E-state index in [9.17, 15) is 5.11 Å². The lowest BCUT2D eigenvalue weighted by molar-refractivity contribution is 0.0980. The van der Waals surface area contributed by atoms with Crippen molar-refractivity contribution in [3.63, 3.8) is 0 Å². The molecule has 0 aromatic carbocycles. The highest BCUT2D eigenvalue weighted by atomic mass is 16.3. The quantitative estimate of drug-likeness (QED) is 0.737. The number of rotatable bonds is 2. The van der Waals surface area contributed by atoms with Crippen LogP contribution in [0.25, 0.3) is 0 Å². The van der Waals surface area contributed by atoms with Crippen molar-refractivity contribution in [3.05, 3.63) is 12.7 Å². The zero-order chi connectivity index (χ0) is 10.9. The van der Waals surface area contributed by atoms with E-state index in [-0.39, 0.29) is 12.6 Å². The molecule has 84 valence electrons. The third kappa shape index (κ3) is 2.03. The van der Waals surface area contributed by atoms with Crippen LogP contribution in [0.3, 0.4) is 0 Å². The molecular weight excluding hydrogens is 192 g/mol. The topological polar surface area (TPSA) is 77.0 Å². The molecule has 1 aliphatic rings. The Morgan fingerprint density at radius 2 is 2.47 bits per heavy atom. The van der Waals surface area contributed by atoms with Gasteiger partial charge in [0.15, 0.2) is 0 Å². The highest BCUT2D eigenvalue weighted by Gasteiger charge is 2.37. The molecule has 0 spiro atoms. The van der Waals surface area contributed by atoms with E-state index in [0.717, 1.165) is 19.3 Å². The predicted octanol–water partition coefficient (Wildman–Crippen LogP) is 0.329. The minimum absolute atomic E-state index is 0.0465. The summed E-state index contributed by atoms with van der Waals surface area (Å²) in [5.41, 5.74) is 5.66. The van der Waals surface area contributed by atoms with Gasteiger partial charge in [0.25, 0.3) is 0 Å². The third-order valence-electron chi connectivity index (χ3n) is 3.46. The van der Waals surface area contributed by atoms with Crippen molar-refractivity contribution in [3.8, 4) is 0 Å². The summed E-state index contributed by atoms with van der Waals surface area (Å²) < 4.78 is 1.86. The van der Waals surface area contributed by atoms with Gasteiger partial charge < -0.3 is 10.8 Å². The molecule has 1 aromatic heterocycles. The van der Waals surface area contributed by atoms with E-state index in [2.05, 4.69) is 17.0 Å². The van der Waals surface area contributed by atoms with Crippen LogP contribution in [-0.2, 0) is 0 Å². The van der Waals surface area contributed by atoms with Crippen LogP contribution in [0.1, 0.15) is 32.2 Å². The normalized spacial score (nSPS) is 36.7. The van der Waals surface area contributed by atoms with Crippen molar-refractivity contribution in [2.75, 3.05) is 6.61 Å². The molecule has 0 bridgehead atoms. The molecule has 0 aliphatic heterocycles. The van der Waals surface area contributed by atoms with Crippen LogP contribution in [0.2, 0.25) is 0 Å². The third-order valence-corrected chi connectivity index (χ3v) is 3.46. The molecule has 1 aromatic rings. The maximum atomic E-state index is 9.28. The minimum Gasteiger partial charge on any atom is -0.394 e. The largest absolute Gasteiger partial charge is 0.394 e. The summed E-state index contributed by atoms with van der Waals surface area (Å²) in [4.78, 5) is 3.95. The molecule has 0 saturated heterocycles. The summed E-state index contributed by atoms with van der Waals surface area (Å²) in [6.07, 6.45) is 5.95. The second-order valence-electron chi connectivity index (χ2n) is 4.68. The van der Waals surface area contributed by atoms with E-state index < -0.39 is 5.54 Å². The second-order valence-corrected chi connectivity index (χ2v) is 4.68. The average molecular weight is 210 g/mol. The van der Waals surface area contributed by atoms with Crippen molar-refractivity contribution in [1.29, 1.82) is 0 Å². The van der Waals surface area contributed by atoms with Crippen LogP contribution in [0.15, 0.2) is 12.7 Å². The molecular formula is C10H18N4O. The monoisotopic (exact) mass is 210 g/mol. The first-order chi connectivity index (χ1) is 7.14. The molecule has 1 heterocycles. The van der Waals surface area contributed by atoms with Gasteiger partial charge in [-0.15, -0.1) is 0 Å². The van der Waals surface area contributed by atoms with Crippen LogP contribution in [0.5, 0.6) is 0 Å². The van der Waals surface area contributed by atoms with Crippen LogP contribution < -0.4 is 5.73 Å². The Kier molecular flexibility index (Phi) is 2.75. The zero-order valence-electron chi connectivity index (χ0n) is 9.00. The molecule has 2 rings (SSSR count). The minimum atomic E-state index is -0.441. The van der Waals surface area contributed by atoms with Gasteiger partial charge in [-0.25, -0.2) is 9.67 Å². The van der Waals surface area contributed by atoms with Crippen molar-refractivity contribution < 1.29 is 5.11 Å². The summed E-state index contributed by atoms with van der Waals surface area (Å²) >= 11 is 0. The van der Waals surface area contributed by atoms with Crippen molar-refractivity contribution >= 4 is 0 Å². The summed E-state index contributed by atoms with van der Waals surface area (Å²) in [7, 11) is 0. The lowest BCUT2D eigenvalue weighted by Gasteiger charge is -2.40. The Bertz CT molecular complexity index is 313. The highest BCUT2D eigenvalue weighted by molar-refractivity contribution is 4.94. The van der Waals surface area contributed by atoms with Crippen LogP contribution in [-0.4, -0.2) is 32.0 Å². The van der Waals surface area contributed by atoms with Gasteiger partial charge in [-0.2, -0.15) is 5.10 Å². The molecule has 0 radical (unpaired) electrons. The molecule has 1 aliphatic carbocycles. The maximum absolute atomic E-state index is 9.28. The van der Waals surface area contributed by atoms with Crippen LogP contribution in [0.4, 0.5) is 0 Å². The number of hydrogen-bond donors (Lipinski definition) is 2. The number of aromatic nitrogens is 3. The second kappa shape index (κ2) is 3.90. The first kappa shape index (κ1) is 10.6. The van der Waals surface area contributed by atoms with E-state index in [1.807, 2.05) is 4.68 Å². The molecule has 1 saturated carbocycles. The van der Waals surface area contributed by atoms with Gasteiger partial charge in [0, 0.05) is 5.54 Å². The maximum Gasteiger partial charge on any atom is 0.137 e. The van der Waals surface area contributed by atoms with Crippen molar-refractivity contribution in [2.24, 2.45) is 11.7 Å². The van der Waals surface area contributed by atoms with Gasteiger partial charge in [-0.1, -0.05) is 6.92 Å². The van der Waals surface area contributed by atoms with E-state index in [0.29, 0.717) is 5.92 Å². The highest BCUT2D eigenvalue weighted by Crippen LogP contribution is 2.37. The van der Waals surface area contributed by atoms with E-state index in [1.165, 1.54) is 0 Å². The number of hydrogen-bond acceptors (Lipinski definition) is 4. The predicted molar refractivity (Wildman–Crippen MR) is 56.1 cm³/mol.